The van der Waals surface area contributed by atoms with Crippen LogP contribution in [0.15, 0.2) is 36.8 Å². The van der Waals surface area contributed by atoms with E-state index in [2.05, 4.69) is 25.2 Å². The standard InChI is InChI=1S/C17H21N5O2/c1-2-18-16(23)13-4-5-15(21-12-13)22-10-6-14(7-11-22)24-17-19-8-3-9-20-17/h3-5,8-9,12,14H,2,6-7,10-11H2,1H3,(H,18,23). The molecule has 0 aliphatic carbocycles. The number of hydrogen-bond donors (Lipinski definition) is 1. The van der Waals surface area contributed by atoms with Crippen molar-refractivity contribution in [1.29, 1.82) is 0 Å². The molecular weight excluding hydrogens is 306 g/mol. The maximum Gasteiger partial charge on any atom is 0.316 e. The molecule has 2 aromatic heterocycles. The van der Waals surface area contributed by atoms with Crippen molar-refractivity contribution in [3.05, 3.63) is 42.4 Å². The third-order valence-electron chi connectivity index (χ3n) is 3.93. The molecule has 1 amide bonds. The van der Waals surface area contributed by atoms with E-state index in [-0.39, 0.29) is 12.0 Å². The van der Waals surface area contributed by atoms with E-state index in [0.29, 0.717) is 18.1 Å². The Morgan fingerprint density at radius 2 is 2.00 bits per heavy atom. The van der Waals surface area contributed by atoms with Gasteiger partial charge in [0.05, 0.1) is 5.56 Å². The summed E-state index contributed by atoms with van der Waals surface area (Å²) in [6.07, 6.45) is 6.88. The molecule has 0 aromatic carbocycles. The fourth-order valence-corrected chi connectivity index (χ4v) is 2.67. The Bertz CT molecular complexity index is 654. The summed E-state index contributed by atoms with van der Waals surface area (Å²) in [7, 11) is 0. The molecule has 0 unspecified atom stereocenters. The Morgan fingerprint density at radius 3 is 2.62 bits per heavy atom. The number of pyridine rings is 1. The summed E-state index contributed by atoms with van der Waals surface area (Å²) in [6, 6.07) is 5.91. The third-order valence-corrected chi connectivity index (χ3v) is 3.93. The lowest BCUT2D eigenvalue weighted by Crippen LogP contribution is -2.39. The van der Waals surface area contributed by atoms with E-state index in [1.54, 1.807) is 24.7 Å². The Morgan fingerprint density at radius 1 is 1.25 bits per heavy atom. The number of amides is 1. The van der Waals surface area contributed by atoms with Crippen LogP contribution in [-0.2, 0) is 0 Å². The first kappa shape index (κ1) is 16.2. The van der Waals surface area contributed by atoms with Crippen molar-refractivity contribution in [3.8, 4) is 6.01 Å². The van der Waals surface area contributed by atoms with E-state index in [9.17, 15) is 4.79 Å². The third kappa shape index (κ3) is 3.98. The molecule has 1 N–H and O–H groups in total. The second-order valence-corrected chi connectivity index (χ2v) is 5.60. The number of aromatic nitrogens is 3. The van der Waals surface area contributed by atoms with Crippen molar-refractivity contribution in [3.63, 3.8) is 0 Å². The zero-order valence-electron chi connectivity index (χ0n) is 13.7. The minimum atomic E-state index is -0.0912. The average molecular weight is 327 g/mol. The van der Waals surface area contributed by atoms with Crippen LogP contribution in [0, 0.1) is 0 Å². The predicted molar refractivity (Wildman–Crippen MR) is 90.1 cm³/mol. The molecule has 1 fully saturated rings. The SMILES string of the molecule is CCNC(=O)c1ccc(N2CCC(Oc3ncccn3)CC2)nc1. The van der Waals surface area contributed by atoms with Gasteiger partial charge in [-0.2, -0.15) is 0 Å². The van der Waals surface area contributed by atoms with Gasteiger partial charge in [-0.15, -0.1) is 0 Å². The van der Waals surface area contributed by atoms with Crippen molar-refractivity contribution in [2.45, 2.75) is 25.9 Å². The van der Waals surface area contributed by atoms with E-state index in [1.807, 2.05) is 19.1 Å². The molecule has 126 valence electrons. The monoisotopic (exact) mass is 327 g/mol. The average Bonchev–Trinajstić information content (AvgIpc) is 2.64. The van der Waals surface area contributed by atoms with Gasteiger partial charge in [-0.3, -0.25) is 4.79 Å². The summed E-state index contributed by atoms with van der Waals surface area (Å²) in [6.45, 7) is 4.21. The van der Waals surface area contributed by atoms with Crippen LogP contribution >= 0.6 is 0 Å². The van der Waals surface area contributed by atoms with Crippen LogP contribution in [0.25, 0.3) is 0 Å². The lowest BCUT2D eigenvalue weighted by Gasteiger charge is -2.32. The van der Waals surface area contributed by atoms with Gasteiger partial charge in [0.1, 0.15) is 11.9 Å². The van der Waals surface area contributed by atoms with Gasteiger partial charge < -0.3 is 15.0 Å². The van der Waals surface area contributed by atoms with Gasteiger partial charge in [0.2, 0.25) is 0 Å². The molecule has 7 heteroatoms. The number of nitrogens with zero attached hydrogens (tertiary/aromatic N) is 4. The van der Waals surface area contributed by atoms with Gasteiger partial charge in [0, 0.05) is 51.1 Å². The molecule has 24 heavy (non-hydrogen) atoms. The highest BCUT2D eigenvalue weighted by Gasteiger charge is 2.22. The molecule has 1 aliphatic rings. The quantitative estimate of drug-likeness (QED) is 0.900. The molecule has 3 rings (SSSR count). The summed E-state index contributed by atoms with van der Waals surface area (Å²) >= 11 is 0. The fourth-order valence-electron chi connectivity index (χ4n) is 2.67. The molecule has 0 spiro atoms. The van der Waals surface area contributed by atoms with E-state index in [0.717, 1.165) is 31.7 Å². The summed E-state index contributed by atoms with van der Waals surface area (Å²) in [4.78, 5) is 26.6. The summed E-state index contributed by atoms with van der Waals surface area (Å²) < 4.78 is 5.79. The predicted octanol–water partition coefficient (Wildman–Crippen LogP) is 1.67. The van der Waals surface area contributed by atoms with E-state index in [1.165, 1.54) is 0 Å². The number of anilines is 1. The maximum atomic E-state index is 11.8. The minimum Gasteiger partial charge on any atom is -0.460 e. The smallest absolute Gasteiger partial charge is 0.316 e. The number of ether oxygens (including phenoxy) is 1. The lowest BCUT2D eigenvalue weighted by atomic mass is 10.1. The van der Waals surface area contributed by atoms with Crippen LogP contribution in [0.3, 0.4) is 0 Å². The van der Waals surface area contributed by atoms with Crippen molar-refractivity contribution in [2.75, 3.05) is 24.5 Å². The molecule has 3 heterocycles. The Balaban J connectivity index is 1.54. The summed E-state index contributed by atoms with van der Waals surface area (Å²) in [5.41, 5.74) is 0.583. The van der Waals surface area contributed by atoms with E-state index < -0.39 is 0 Å². The van der Waals surface area contributed by atoms with Crippen LogP contribution in [-0.4, -0.2) is 46.6 Å². The van der Waals surface area contributed by atoms with Crippen molar-refractivity contribution >= 4 is 11.7 Å². The molecule has 0 atom stereocenters. The van der Waals surface area contributed by atoms with Gasteiger partial charge in [0.15, 0.2) is 0 Å². The zero-order valence-corrected chi connectivity index (χ0v) is 13.7. The van der Waals surface area contributed by atoms with Crippen LogP contribution in [0.5, 0.6) is 6.01 Å². The largest absolute Gasteiger partial charge is 0.460 e. The molecule has 1 saturated heterocycles. The van der Waals surface area contributed by atoms with Gasteiger partial charge in [0.25, 0.3) is 5.91 Å². The normalized spacial score (nSPS) is 15.1. The molecule has 0 bridgehead atoms. The van der Waals surface area contributed by atoms with Crippen LogP contribution < -0.4 is 15.0 Å². The first-order valence-corrected chi connectivity index (χ1v) is 8.19. The number of carbonyl (C=O) groups excluding carboxylic acids is 1. The van der Waals surface area contributed by atoms with Gasteiger partial charge >= 0.3 is 6.01 Å². The van der Waals surface area contributed by atoms with Gasteiger partial charge in [-0.1, -0.05) is 0 Å². The minimum absolute atomic E-state index is 0.0912. The second-order valence-electron chi connectivity index (χ2n) is 5.60. The highest BCUT2D eigenvalue weighted by Crippen LogP contribution is 2.20. The van der Waals surface area contributed by atoms with Crippen molar-refractivity contribution < 1.29 is 9.53 Å². The maximum absolute atomic E-state index is 11.8. The van der Waals surface area contributed by atoms with E-state index >= 15 is 0 Å². The number of hydrogen-bond acceptors (Lipinski definition) is 6. The van der Waals surface area contributed by atoms with Crippen LogP contribution in [0.4, 0.5) is 5.82 Å². The number of nitrogens with one attached hydrogen (secondary N) is 1. The first-order valence-electron chi connectivity index (χ1n) is 8.19. The number of piperidine rings is 1. The molecule has 7 nitrogen and oxygen atoms in total. The van der Waals surface area contributed by atoms with Gasteiger partial charge in [-0.25, -0.2) is 15.0 Å². The summed E-state index contributed by atoms with van der Waals surface area (Å²) in [5, 5.41) is 2.77. The Hall–Kier alpha value is -2.70. The molecular formula is C17H21N5O2. The number of rotatable bonds is 5. The van der Waals surface area contributed by atoms with Crippen molar-refractivity contribution in [1.82, 2.24) is 20.3 Å². The highest BCUT2D eigenvalue weighted by atomic mass is 16.5. The van der Waals surface area contributed by atoms with Crippen LogP contribution in [0.2, 0.25) is 0 Å². The van der Waals surface area contributed by atoms with Crippen LogP contribution in [0.1, 0.15) is 30.1 Å². The first-order chi connectivity index (χ1) is 11.8. The number of carbonyl (C=O) groups is 1. The highest BCUT2D eigenvalue weighted by molar-refractivity contribution is 5.93. The lowest BCUT2D eigenvalue weighted by molar-refractivity contribution is 0.0955. The molecule has 2 aromatic rings. The topological polar surface area (TPSA) is 80.2 Å². The van der Waals surface area contributed by atoms with Gasteiger partial charge in [-0.05, 0) is 25.1 Å². The second kappa shape index (κ2) is 7.72. The zero-order chi connectivity index (χ0) is 16.8. The van der Waals surface area contributed by atoms with E-state index in [4.69, 9.17) is 4.74 Å². The summed E-state index contributed by atoms with van der Waals surface area (Å²) in [5.74, 6) is 0.795. The Kier molecular flexibility index (Phi) is 5.20. The van der Waals surface area contributed by atoms with Crippen molar-refractivity contribution in [2.24, 2.45) is 0 Å². The molecule has 0 radical (unpaired) electrons. The molecule has 0 saturated carbocycles. The fraction of sp³-hybridized carbons (Fsp3) is 0.412. The Labute approximate surface area is 141 Å². The molecule has 1 aliphatic heterocycles.